The van der Waals surface area contributed by atoms with Crippen LogP contribution in [0.4, 0.5) is 5.69 Å². The number of rotatable bonds is 3. The van der Waals surface area contributed by atoms with Crippen LogP contribution in [-0.2, 0) is 11.2 Å². The molecule has 2 aromatic rings. The summed E-state index contributed by atoms with van der Waals surface area (Å²) in [6, 6.07) is 12.2. The predicted molar refractivity (Wildman–Crippen MR) is 81.5 cm³/mol. The van der Waals surface area contributed by atoms with Crippen LogP contribution in [-0.4, -0.2) is 26.0 Å². The SMILES string of the molecule is COc1cc2c(c(OC)c1)C(=O)N(c1ccccc1)C(=O)C2. The third kappa shape index (κ3) is 2.20. The highest BCUT2D eigenvalue weighted by Gasteiger charge is 2.35. The lowest BCUT2D eigenvalue weighted by atomic mass is 9.96. The van der Waals surface area contributed by atoms with Crippen LogP contribution in [0.1, 0.15) is 15.9 Å². The van der Waals surface area contributed by atoms with Gasteiger partial charge in [0.25, 0.3) is 5.91 Å². The molecule has 2 aromatic carbocycles. The number of fused-ring (bicyclic) bond motifs is 1. The summed E-state index contributed by atoms with van der Waals surface area (Å²) in [5.74, 6) is 0.327. The zero-order chi connectivity index (χ0) is 15.7. The van der Waals surface area contributed by atoms with Crippen molar-refractivity contribution in [3.8, 4) is 11.5 Å². The first-order chi connectivity index (χ1) is 10.7. The third-order valence-electron chi connectivity index (χ3n) is 3.64. The largest absolute Gasteiger partial charge is 0.497 e. The number of hydrogen-bond acceptors (Lipinski definition) is 4. The van der Waals surface area contributed by atoms with E-state index in [2.05, 4.69) is 0 Å². The first-order valence-corrected chi connectivity index (χ1v) is 6.83. The zero-order valence-electron chi connectivity index (χ0n) is 12.3. The van der Waals surface area contributed by atoms with Gasteiger partial charge in [0.2, 0.25) is 5.91 Å². The predicted octanol–water partition coefficient (Wildman–Crippen LogP) is 2.43. The molecule has 22 heavy (non-hydrogen) atoms. The molecule has 112 valence electrons. The van der Waals surface area contributed by atoms with E-state index in [4.69, 9.17) is 9.47 Å². The summed E-state index contributed by atoms with van der Waals surface area (Å²) in [6.45, 7) is 0. The quantitative estimate of drug-likeness (QED) is 0.817. The molecule has 0 aliphatic carbocycles. The van der Waals surface area contributed by atoms with Crippen molar-refractivity contribution in [1.29, 1.82) is 0 Å². The highest BCUT2D eigenvalue weighted by Crippen LogP contribution is 2.34. The van der Waals surface area contributed by atoms with Crippen LogP contribution in [0.15, 0.2) is 42.5 Å². The Kier molecular flexibility index (Phi) is 3.55. The average Bonchev–Trinajstić information content (AvgIpc) is 2.54. The number of amides is 2. The van der Waals surface area contributed by atoms with Gasteiger partial charge in [-0.05, 0) is 23.8 Å². The minimum atomic E-state index is -0.378. The molecular formula is C17H15NO4. The molecule has 0 atom stereocenters. The molecule has 1 aliphatic rings. The van der Waals surface area contributed by atoms with Crippen molar-refractivity contribution in [3.63, 3.8) is 0 Å². The molecule has 0 fully saturated rings. The summed E-state index contributed by atoms with van der Waals surface area (Å²) in [6.07, 6.45) is 0.128. The highest BCUT2D eigenvalue weighted by molar-refractivity contribution is 6.25. The molecule has 0 unspecified atom stereocenters. The smallest absolute Gasteiger partial charge is 0.269 e. The van der Waals surface area contributed by atoms with Crippen LogP contribution >= 0.6 is 0 Å². The van der Waals surface area contributed by atoms with Gasteiger partial charge in [-0.2, -0.15) is 0 Å². The van der Waals surface area contributed by atoms with E-state index in [-0.39, 0.29) is 18.2 Å². The van der Waals surface area contributed by atoms with Gasteiger partial charge < -0.3 is 9.47 Å². The Bertz CT molecular complexity index is 740. The first kappa shape index (κ1) is 14.1. The molecular weight excluding hydrogens is 282 g/mol. The Morgan fingerprint density at radius 3 is 2.36 bits per heavy atom. The number of benzene rings is 2. The Morgan fingerprint density at radius 2 is 1.73 bits per heavy atom. The van der Waals surface area contributed by atoms with E-state index in [0.717, 1.165) is 0 Å². The molecule has 0 saturated carbocycles. The van der Waals surface area contributed by atoms with Gasteiger partial charge >= 0.3 is 0 Å². The molecule has 0 spiro atoms. The van der Waals surface area contributed by atoms with Crippen LogP contribution in [0.2, 0.25) is 0 Å². The maximum absolute atomic E-state index is 12.8. The normalized spacial score (nSPS) is 13.8. The van der Waals surface area contributed by atoms with Gasteiger partial charge in [-0.15, -0.1) is 0 Å². The molecule has 5 heteroatoms. The summed E-state index contributed by atoms with van der Waals surface area (Å²) in [5.41, 5.74) is 1.59. The van der Waals surface area contributed by atoms with E-state index in [0.29, 0.717) is 28.3 Å². The topological polar surface area (TPSA) is 55.8 Å². The van der Waals surface area contributed by atoms with Crippen molar-refractivity contribution < 1.29 is 19.1 Å². The lowest BCUT2D eigenvalue weighted by Crippen LogP contribution is -2.42. The lowest BCUT2D eigenvalue weighted by Gasteiger charge is -2.28. The molecule has 1 heterocycles. The number of imide groups is 1. The van der Waals surface area contributed by atoms with Crippen molar-refractivity contribution in [2.75, 3.05) is 19.1 Å². The van der Waals surface area contributed by atoms with Crippen molar-refractivity contribution in [1.82, 2.24) is 0 Å². The molecule has 1 aliphatic heterocycles. The summed E-state index contributed by atoms with van der Waals surface area (Å²) < 4.78 is 10.5. The average molecular weight is 297 g/mol. The monoisotopic (exact) mass is 297 g/mol. The molecule has 0 aromatic heterocycles. The summed E-state index contributed by atoms with van der Waals surface area (Å²) in [5, 5.41) is 0. The Labute approximate surface area is 128 Å². The number of methoxy groups -OCH3 is 2. The number of nitrogens with zero attached hydrogens (tertiary/aromatic N) is 1. The van der Waals surface area contributed by atoms with E-state index < -0.39 is 0 Å². The van der Waals surface area contributed by atoms with E-state index in [1.54, 1.807) is 36.4 Å². The van der Waals surface area contributed by atoms with E-state index in [9.17, 15) is 9.59 Å². The van der Waals surface area contributed by atoms with E-state index >= 15 is 0 Å². The molecule has 3 rings (SSSR count). The lowest BCUT2D eigenvalue weighted by molar-refractivity contribution is -0.117. The Hall–Kier alpha value is -2.82. The second kappa shape index (κ2) is 5.52. The number of hydrogen-bond donors (Lipinski definition) is 0. The highest BCUT2D eigenvalue weighted by atomic mass is 16.5. The molecule has 0 bridgehead atoms. The van der Waals surface area contributed by atoms with Crippen molar-refractivity contribution >= 4 is 17.5 Å². The number of carbonyl (C=O) groups is 2. The van der Waals surface area contributed by atoms with Gasteiger partial charge in [0, 0.05) is 6.07 Å². The number of ether oxygens (including phenoxy) is 2. The number of anilines is 1. The molecule has 0 N–H and O–H groups in total. The summed E-state index contributed by atoms with van der Waals surface area (Å²) >= 11 is 0. The van der Waals surface area contributed by atoms with Crippen molar-refractivity contribution in [2.24, 2.45) is 0 Å². The third-order valence-corrected chi connectivity index (χ3v) is 3.64. The van der Waals surface area contributed by atoms with E-state index in [1.165, 1.54) is 19.1 Å². The molecule has 5 nitrogen and oxygen atoms in total. The summed E-state index contributed by atoms with van der Waals surface area (Å²) in [4.78, 5) is 26.4. The minimum absolute atomic E-state index is 0.128. The van der Waals surface area contributed by atoms with Gasteiger partial charge in [0.05, 0.1) is 31.9 Å². The second-order valence-corrected chi connectivity index (χ2v) is 4.91. The van der Waals surface area contributed by atoms with Crippen LogP contribution in [0.5, 0.6) is 11.5 Å². The number of para-hydroxylation sites is 1. The van der Waals surface area contributed by atoms with Crippen LogP contribution in [0.25, 0.3) is 0 Å². The summed E-state index contributed by atoms with van der Waals surface area (Å²) in [7, 11) is 3.02. The van der Waals surface area contributed by atoms with Crippen LogP contribution < -0.4 is 14.4 Å². The van der Waals surface area contributed by atoms with Crippen LogP contribution in [0.3, 0.4) is 0 Å². The maximum atomic E-state index is 12.8. The molecule has 0 saturated heterocycles. The second-order valence-electron chi connectivity index (χ2n) is 4.91. The molecule has 0 radical (unpaired) electrons. The number of carbonyl (C=O) groups excluding carboxylic acids is 2. The van der Waals surface area contributed by atoms with Gasteiger partial charge in [-0.1, -0.05) is 18.2 Å². The Balaban J connectivity index is 2.13. The van der Waals surface area contributed by atoms with Gasteiger partial charge in [-0.25, -0.2) is 4.90 Å². The van der Waals surface area contributed by atoms with Crippen molar-refractivity contribution in [3.05, 3.63) is 53.6 Å². The fourth-order valence-corrected chi connectivity index (χ4v) is 2.61. The standard InChI is InChI=1S/C17H15NO4/c1-21-13-8-11-9-15(19)18(12-6-4-3-5-7-12)17(20)16(11)14(10-13)22-2/h3-8,10H,9H2,1-2H3. The minimum Gasteiger partial charge on any atom is -0.497 e. The van der Waals surface area contributed by atoms with Gasteiger partial charge in [-0.3, -0.25) is 9.59 Å². The van der Waals surface area contributed by atoms with Crippen LogP contribution in [0, 0.1) is 0 Å². The Morgan fingerprint density at radius 1 is 1.00 bits per heavy atom. The fourth-order valence-electron chi connectivity index (χ4n) is 2.61. The zero-order valence-corrected chi connectivity index (χ0v) is 12.3. The van der Waals surface area contributed by atoms with Gasteiger partial charge in [0.15, 0.2) is 0 Å². The van der Waals surface area contributed by atoms with Gasteiger partial charge in [0.1, 0.15) is 11.5 Å². The first-order valence-electron chi connectivity index (χ1n) is 6.83. The van der Waals surface area contributed by atoms with Crippen molar-refractivity contribution in [2.45, 2.75) is 6.42 Å². The molecule has 2 amide bonds. The van der Waals surface area contributed by atoms with E-state index in [1.807, 2.05) is 6.07 Å². The fraction of sp³-hybridized carbons (Fsp3) is 0.176. The maximum Gasteiger partial charge on any atom is 0.269 e.